The predicted molar refractivity (Wildman–Crippen MR) is 87.6 cm³/mol. The minimum atomic E-state index is -0.638. The van der Waals surface area contributed by atoms with Gasteiger partial charge in [0.05, 0.1) is 5.52 Å². The molecule has 4 rings (SSSR count). The van der Waals surface area contributed by atoms with Gasteiger partial charge in [0.15, 0.2) is 0 Å². The van der Waals surface area contributed by atoms with Gasteiger partial charge >= 0.3 is 0 Å². The lowest BCUT2D eigenvalue weighted by Crippen LogP contribution is -1.99. The van der Waals surface area contributed by atoms with Crippen LogP contribution in [0.1, 0.15) is 16.5 Å². The maximum Gasteiger partial charge on any atom is 0.115 e. The largest absolute Gasteiger partial charge is 0.383 e. The maximum absolute atomic E-state index is 10.8. The molecule has 0 bridgehead atoms. The Kier molecular flexibility index (Phi) is 2.95. The Labute approximate surface area is 126 Å². The molecule has 0 saturated carbocycles. The number of para-hydroxylation sites is 1. The highest BCUT2D eigenvalue weighted by atomic mass is 32.1. The number of hydrogen-bond donors (Lipinski definition) is 1. The molecule has 0 amide bonds. The maximum atomic E-state index is 10.8. The van der Waals surface area contributed by atoms with Crippen LogP contribution in [0.5, 0.6) is 0 Å². The number of fused-ring (bicyclic) bond motifs is 2. The molecule has 0 saturated heterocycles. The van der Waals surface area contributed by atoms with E-state index in [-0.39, 0.29) is 0 Å². The Bertz CT molecular complexity index is 890. The molecular formula is C18H13NOS. The quantitative estimate of drug-likeness (QED) is 0.588. The molecule has 21 heavy (non-hydrogen) atoms. The Morgan fingerprint density at radius 2 is 1.71 bits per heavy atom. The molecule has 0 aliphatic heterocycles. The molecule has 2 heterocycles. The van der Waals surface area contributed by atoms with Crippen LogP contribution in [0.25, 0.3) is 21.0 Å². The van der Waals surface area contributed by atoms with Crippen LogP contribution in [-0.4, -0.2) is 10.1 Å². The van der Waals surface area contributed by atoms with Gasteiger partial charge in [0.25, 0.3) is 0 Å². The molecule has 2 aromatic carbocycles. The van der Waals surface area contributed by atoms with Crippen molar-refractivity contribution < 1.29 is 5.11 Å². The minimum Gasteiger partial charge on any atom is -0.383 e. The standard InChI is InChI=1S/C18H13NOS/c20-18(16-11-13-5-1-2-9-15(13)21-16)14-8-3-6-12-7-4-10-19-17(12)14/h1-11,18,20H. The van der Waals surface area contributed by atoms with Crippen LogP contribution in [0.4, 0.5) is 0 Å². The number of nitrogens with zero attached hydrogens (tertiary/aromatic N) is 1. The first kappa shape index (κ1) is 12.5. The van der Waals surface area contributed by atoms with Crippen molar-refractivity contribution in [3.05, 3.63) is 77.3 Å². The third-order valence-electron chi connectivity index (χ3n) is 3.67. The van der Waals surface area contributed by atoms with Gasteiger partial charge in [0, 0.05) is 26.7 Å². The fourth-order valence-corrected chi connectivity index (χ4v) is 3.71. The lowest BCUT2D eigenvalue weighted by Gasteiger charge is -2.11. The molecule has 0 fully saturated rings. The molecule has 4 aromatic rings. The summed E-state index contributed by atoms with van der Waals surface area (Å²) in [6.07, 6.45) is 1.13. The molecule has 1 N–H and O–H groups in total. The summed E-state index contributed by atoms with van der Waals surface area (Å²) in [5.41, 5.74) is 1.73. The molecule has 2 aromatic heterocycles. The highest BCUT2D eigenvalue weighted by Crippen LogP contribution is 2.35. The number of aliphatic hydroxyl groups is 1. The summed E-state index contributed by atoms with van der Waals surface area (Å²) in [4.78, 5) is 5.38. The Balaban J connectivity index is 1.87. The second-order valence-corrected chi connectivity index (χ2v) is 6.13. The van der Waals surface area contributed by atoms with E-state index in [0.717, 1.165) is 21.3 Å². The molecule has 0 aliphatic rings. The number of thiophene rings is 1. The van der Waals surface area contributed by atoms with Gasteiger partial charge in [-0.3, -0.25) is 4.98 Å². The molecule has 1 unspecified atom stereocenters. The summed E-state index contributed by atoms with van der Waals surface area (Å²) in [6.45, 7) is 0. The zero-order valence-corrected chi connectivity index (χ0v) is 12.0. The first-order valence-corrected chi connectivity index (χ1v) is 7.65. The number of aromatic nitrogens is 1. The second-order valence-electron chi connectivity index (χ2n) is 5.01. The van der Waals surface area contributed by atoms with E-state index in [0.29, 0.717) is 0 Å². The lowest BCUT2D eigenvalue weighted by molar-refractivity contribution is 0.225. The monoisotopic (exact) mass is 291 g/mol. The van der Waals surface area contributed by atoms with Gasteiger partial charge < -0.3 is 5.11 Å². The highest BCUT2D eigenvalue weighted by molar-refractivity contribution is 7.19. The van der Waals surface area contributed by atoms with Crippen molar-refractivity contribution >= 4 is 32.3 Å². The summed E-state index contributed by atoms with van der Waals surface area (Å²) in [5, 5.41) is 13.0. The van der Waals surface area contributed by atoms with Crippen LogP contribution in [0, 0.1) is 0 Å². The molecule has 3 heteroatoms. The summed E-state index contributed by atoms with van der Waals surface area (Å²) in [7, 11) is 0. The SMILES string of the molecule is OC(c1cc2ccccc2s1)c1cccc2cccnc12. The highest BCUT2D eigenvalue weighted by Gasteiger charge is 2.16. The van der Waals surface area contributed by atoms with Crippen molar-refractivity contribution in [3.8, 4) is 0 Å². The van der Waals surface area contributed by atoms with Crippen LogP contribution in [0.15, 0.2) is 66.9 Å². The summed E-state index contributed by atoms with van der Waals surface area (Å²) in [6, 6.07) is 20.1. The van der Waals surface area contributed by atoms with Crippen LogP contribution >= 0.6 is 11.3 Å². The number of aliphatic hydroxyl groups excluding tert-OH is 1. The fourth-order valence-electron chi connectivity index (χ4n) is 2.64. The van der Waals surface area contributed by atoms with E-state index in [1.54, 1.807) is 17.5 Å². The van der Waals surface area contributed by atoms with E-state index >= 15 is 0 Å². The first-order chi connectivity index (χ1) is 10.3. The van der Waals surface area contributed by atoms with E-state index < -0.39 is 6.10 Å². The zero-order chi connectivity index (χ0) is 14.2. The van der Waals surface area contributed by atoms with Crippen molar-refractivity contribution in [1.29, 1.82) is 0 Å². The molecule has 0 radical (unpaired) electrons. The first-order valence-electron chi connectivity index (χ1n) is 6.83. The number of hydrogen-bond acceptors (Lipinski definition) is 3. The van der Waals surface area contributed by atoms with Gasteiger partial charge in [-0.2, -0.15) is 0 Å². The molecule has 0 spiro atoms. The Morgan fingerprint density at radius 1 is 0.905 bits per heavy atom. The zero-order valence-electron chi connectivity index (χ0n) is 11.2. The van der Waals surface area contributed by atoms with Crippen molar-refractivity contribution in [2.75, 3.05) is 0 Å². The molecule has 102 valence electrons. The van der Waals surface area contributed by atoms with Gasteiger partial charge in [-0.15, -0.1) is 11.3 Å². The number of pyridine rings is 1. The van der Waals surface area contributed by atoms with Crippen LogP contribution < -0.4 is 0 Å². The Morgan fingerprint density at radius 3 is 2.62 bits per heavy atom. The average Bonchev–Trinajstić information content (AvgIpc) is 2.97. The molecular weight excluding hydrogens is 278 g/mol. The minimum absolute atomic E-state index is 0.638. The fraction of sp³-hybridized carbons (Fsp3) is 0.0556. The van der Waals surface area contributed by atoms with E-state index in [4.69, 9.17) is 0 Å². The van der Waals surface area contributed by atoms with Gasteiger partial charge in [-0.1, -0.05) is 42.5 Å². The van der Waals surface area contributed by atoms with E-state index in [9.17, 15) is 5.11 Å². The van der Waals surface area contributed by atoms with Crippen molar-refractivity contribution in [2.45, 2.75) is 6.10 Å². The molecule has 0 aliphatic carbocycles. The summed E-state index contributed by atoms with van der Waals surface area (Å²) in [5.74, 6) is 0. The van der Waals surface area contributed by atoms with Gasteiger partial charge in [0.2, 0.25) is 0 Å². The van der Waals surface area contributed by atoms with Crippen LogP contribution in [0.2, 0.25) is 0 Å². The molecule has 2 nitrogen and oxygen atoms in total. The smallest absolute Gasteiger partial charge is 0.115 e. The van der Waals surface area contributed by atoms with E-state index in [2.05, 4.69) is 23.2 Å². The van der Waals surface area contributed by atoms with Crippen LogP contribution in [-0.2, 0) is 0 Å². The van der Waals surface area contributed by atoms with E-state index in [1.807, 2.05) is 42.5 Å². The van der Waals surface area contributed by atoms with Crippen LogP contribution in [0.3, 0.4) is 0 Å². The predicted octanol–water partition coefficient (Wildman–Crippen LogP) is 4.53. The third kappa shape index (κ3) is 2.11. The van der Waals surface area contributed by atoms with E-state index in [1.165, 1.54) is 10.1 Å². The van der Waals surface area contributed by atoms with Gasteiger partial charge in [-0.05, 0) is 23.6 Å². The second kappa shape index (κ2) is 4.95. The topological polar surface area (TPSA) is 33.1 Å². The average molecular weight is 291 g/mol. The van der Waals surface area contributed by atoms with Gasteiger partial charge in [-0.25, -0.2) is 0 Å². The lowest BCUT2D eigenvalue weighted by atomic mass is 10.0. The molecule has 1 atom stereocenters. The number of rotatable bonds is 2. The van der Waals surface area contributed by atoms with Crippen molar-refractivity contribution in [1.82, 2.24) is 4.98 Å². The Hall–Kier alpha value is -2.23. The van der Waals surface area contributed by atoms with Crippen molar-refractivity contribution in [2.24, 2.45) is 0 Å². The van der Waals surface area contributed by atoms with Crippen molar-refractivity contribution in [3.63, 3.8) is 0 Å². The summed E-state index contributed by atoms with van der Waals surface area (Å²) >= 11 is 1.63. The number of benzene rings is 2. The van der Waals surface area contributed by atoms with Gasteiger partial charge in [0.1, 0.15) is 6.10 Å². The normalized spacial score (nSPS) is 12.8. The summed E-state index contributed by atoms with van der Waals surface area (Å²) < 4.78 is 1.19. The third-order valence-corrected chi connectivity index (χ3v) is 4.84.